The molecule has 8 rings (SSSR count). The molecule has 7 aromatic carbocycles. The Balaban J connectivity index is 1.36. The number of nitrogens with zero attached hydrogens (tertiary/aromatic N) is 1. The van der Waals surface area contributed by atoms with Crippen molar-refractivity contribution < 1.29 is 0 Å². The van der Waals surface area contributed by atoms with Gasteiger partial charge in [-0.3, -0.25) is 4.99 Å². The van der Waals surface area contributed by atoms with Gasteiger partial charge in [0.05, 0.1) is 11.8 Å². The summed E-state index contributed by atoms with van der Waals surface area (Å²) in [5, 5.41) is 5.04. The van der Waals surface area contributed by atoms with Crippen LogP contribution in [0.15, 0.2) is 187 Å². The first-order valence-electron chi connectivity index (χ1n) is 18.1. The van der Waals surface area contributed by atoms with Crippen LogP contribution in [0.4, 0.5) is 0 Å². The van der Waals surface area contributed by atoms with Crippen molar-refractivity contribution in [2.75, 3.05) is 0 Å². The fraction of sp³-hybridized carbons (Fsp3) is 0.0784. The van der Waals surface area contributed by atoms with Crippen molar-refractivity contribution in [3.63, 3.8) is 0 Å². The highest BCUT2D eigenvalue weighted by Gasteiger charge is 2.22. The zero-order valence-electron chi connectivity index (χ0n) is 30.4. The molecule has 0 bridgehead atoms. The maximum absolute atomic E-state index is 5.73. The molecular weight excluding hydrogens is 659 g/mol. The van der Waals surface area contributed by atoms with Crippen LogP contribution in [0.5, 0.6) is 0 Å². The summed E-state index contributed by atoms with van der Waals surface area (Å²) in [7, 11) is 0. The molecule has 0 aliphatic carbocycles. The van der Waals surface area contributed by atoms with Crippen LogP contribution in [-0.4, -0.2) is 5.71 Å². The summed E-state index contributed by atoms with van der Waals surface area (Å²) in [5.74, 6) is 0. The minimum Gasteiger partial charge on any atom is -0.272 e. The van der Waals surface area contributed by atoms with Gasteiger partial charge < -0.3 is 0 Å². The van der Waals surface area contributed by atoms with Crippen molar-refractivity contribution >= 4 is 59.6 Å². The lowest BCUT2D eigenvalue weighted by atomic mass is 9.90. The number of benzene rings is 7. The first kappa shape index (κ1) is 34.0. The van der Waals surface area contributed by atoms with Crippen molar-refractivity contribution in [3.05, 3.63) is 204 Å². The molecule has 2 heteroatoms. The van der Waals surface area contributed by atoms with Crippen LogP contribution in [0.25, 0.3) is 64.8 Å². The molecule has 0 fully saturated rings. The topological polar surface area (TPSA) is 12.4 Å². The molecule has 0 saturated heterocycles. The number of allylic oxidation sites excluding steroid dienone is 2. The molecule has 1 aromatic heterocycles. The van der Waals surface area contributed by atoms with Crippen LogP contribution in [0.2, 0.25) is 0 Å². The number of hydrogen-bond donors (Lipinski definition) is 0. The van der Waals surface area contributed by atoms with Gasteiger partial charge in [-0.05, 0) is 87.7 Å². The molecule has 0 N–H and O–H groups in total. The largest absolute Gasteiger partial charge is 0.272 e. The first-order valence-corrected chi connectivity index (χ1v) is 19.0. The van der Waals surface area contributed by atoms with Gasteiger partial charge in [-0.25, -0.2) is 0 Å². The van der Waals surface area contributed by atoms with Gasteiger partial charge in [0, 0.05) is 25.7 Å². The summed E-state index contributed by atoms with van der Waals surface area (Å²) in [5.41, 5.74) is 13.6. The summed E-state index contributed by atoms with van der Waals surface area (Å²) in [6, 6.07) is 56.2. The van der Waals surface area contributed by atoms with E-state index in [-0.39, 0.29) is 6.04 Å². The maximum Gasteiger partial charge on any atom is 0.0968 e. The second-order valence-electron chi connectivity index (χ2n) is 13.7. The van der Waals surface area contributed by atoms with Crippen molar-refractivity contribution in [1.82, 2.24) is 0 Å². The second kappa shape index (κ2) is 14.5. The zero-order chi connectivity index (χ0) is 36.5. The molecule has 0 aliphatic rings. The summed E-state index contributed by atoms with van der Waals surface area (Å²) < 4.78 is 2.57. The Labute approximate surface area is 316 Å². The second-order valence-corrected chi connectivity index (χ2v) is 14.8. The molecule has 8 aromatic rings. The molecule has 0 radical (unpaired) electrons. The van der Waals surface area contributed by atoms with E-state index in [1.807, 2.05) is 17.4 Å². The lowest BCUT2D eigenvalue weighted by Gasteiger charge is -2.21. The van der Waals surface area contributed by atoms with Crippen molar-refractivity contribution in [2.45, 2.75) is 26.8 Å². The van der Waals surface area contributed by atoms with E-state index in [1.165, 1.54) is 64.3 Å². The summed E-state index contributed by atoms with van der Waals surface area (Å²) in [4.78, 5) is 5.73. The summed E-state index contributed by atoms with van der Waals surface area (Å²) in [6.07, 6.45) is 1.93. The third kappa shape index (κ3) is 6.37. The molecule has 0 amide bonds. The minimum absolute atomic E-state index is 0.274. The predicted octanol–water partition coefficient (Wildman–Crippen LogP) is 14.8. The molecule has 0 saturated carbocycles. The van der Waals surface area contributed by atoms with E-state index >= 15 is 0 Å². The SMILES string of the molecule is C=Cc1ccccc1/C(C)=C(\C)C(=NC(C(=C)C)c1cc2sc3c(-c4ccccc4)cccc3c2c2ccccc12)c1ccc(-c2ccccc2)cc1. The van der Waals surface area contributed by atoms with Crippen LogP contribution in [0.1, 0.15) is 49.1 Å². The van der Waals surface area contributed by atoms with Crippen LogP contribution in [-0.2, 0) is 0 Å². The van der Waals surface area contributed by atoms with Gasteiger partial charge in [0.1, 0.15) is 0 Å². The van der Waals surface area contributed by atoms with Crippen LogP contribution < -0.4 is 0 Å². The fourth-order valence-electron chi connectivity index (χ4n) is 7.57. The van der Waals surface area contributed by atoms with Gasteiger partial charge in [0.2, 0.25) is 0 Å². The van der Waals surface area contributed by atoms with Gasteiger partial charge in [0.25, 0.3) is 0 Å². The Bertz CT molecular complexity index is 2710. The van der Waals surface area contributed by atoms with Crippen LogP contribution >= 0.6 is 11.3 Å². The highest BCUT2D eigenvalue weighted by Crippen LogP contribution is 2.46. The zero-order valence-corrected chi connectivity index (χ0v) is 31.3. The van der Waals surface area contributed by atoms with Crippen molar-refractivity contribution in [3.8, 4) is 22.3 Å². The maximum atomic E-state index is 5.73. The highest BCUT2D eigenvalue weighted by atomic mass is 32.1. The highest BCUT2D eigenvalue weighted by molar-refractivity contribution is 7.26. The van der Waals surface area contributed by atoms with E-state index in [9.17, 15) is 0 Å². The molecular formula is C51H41NS. The Morgan fingerprint density at radius 3 is 1.92 bits per heavy atom. The van der Waals surface area contributed by atoms with Gasteiger partial charge >= 0.3 is 0 Å². The van der Waals surface area contributed by atoms with E-state index in [0.717, 1.165) is 33.5 Å². The smallest absolute Gasteiger partial charge is 0.0968 e. The Morgan fingerprint density at radius 2 is 1.23 bits per heavy atom. The number of hydrogen-bond acceptors (Lipinski definition) is 2. The third-order valence-electron chi connectivity index (χ3n) is 10.4. The Morgan fingerprint density at radius 1 is 0.623 bits per heavy atom. The quantitative estimate of drug-likeness (QED) is 0.105. The number of aliphatic imine (C=N–C) groups is 1. The average molecular weight is 700 g/mol. The third-order valence-corrected chi connectivity index (χ3v) is 11.6. The number of fused-ring (bicyclic) bond motifs is 5. The summed E-state index contributed by atoms with van der Waals surface area (Å²) >= 11 is 1.87. The van der Waals surface area contributed by atoms with Crippen LogP contribution in [0.3, 0.4) is 0 Å². The van der Waals surface area contributed by atoms with Crippen molar-refractivity contribution in [2.24, 2.45) is 4.99 Å². The first-order chi connectivity index (χ1) is 25.9. The monoisotopic (exact) mass is 699 g/mol. The average Bonchev–Trinajstić information content (AvgIpc) is 3.60. The molecule has 1 heterocycles. The van der Waals surface area contributed by atoms with Gasteiger partial charge in [-0.1, -0.05) is 176 Å². The lowest BCUT2D eigenvalue weighted by Crippen LogP contribution is -2.10. The Kier molecular flexibility index (Phi) is 9.31. The van der Waals surface area contributed by atoms with Gasteiger partial charge in [-0.2, -0.15) is 0 Å². The molecule has 0 aliphatic heterocycles. The molecule has 53 heavy (non-hydrogen) atoms. The van der Waals surface area contributed by atoms with Crippen molar-refractivity contribution in [1.29, 1.82) is 0 Å². The fourth-order valence-corrected chi connectivity index (χ4v) is 8.87. The van der Waals surface area contributed by atoms with E-state index in [0.29, 0.717) is 0 Å². The molecule has 1 atom stereocenters. The van der Waals surface area contributed by atoms with Gasteiger partial charge in [0.15, 0.2) is 0 Å². The van der Waals surface area contributed by atoms with E-state index in [1.54, 1.807) is 0 Å². The van der Waals surface area contributed by atoms with Crippen LogP contribution in [0, 0.1) is 0 Å². The van der Waals surface area contributed by atoms with E-state index in [4.69, 9.17) is 4.99 Å². The lowest BCUT2D eigenvalue weighted by molar-refractivity contribution is 0.862. The number of rotatable bonds is 9. The number of thiophene rings is 1. The Hall–Kier alpha value is -6.09. The van der Waals surface area contributed by atoms with E-state index < -0.39 is 0 Å². The minimum atomic E-state index is -0.274. The predicted molar refractivity (Wildman–Crippen MR) is 233 cm³/mol. The standard InChI is InChI=1S/C51H41NS/c1-6-36-18-13-14-23-41(36)34(4)35(5)50(40-30-28-38(29-31-40)37-19-9-7-10-20-37)52-49(33(2)3)46-32-47-48(44-25-16-15-24-43(44)46)45-27-17-26-42(51(45)53-47)39-21-11-8-12-22-39/h6-32,49H,1-2H2,3-5H3/b35-34+,52-50?. The molecule has 1 unspecified atom stereocenters. The molecule has 0 spiro atoms. The molecule has 1 nitrogen and oxygen atoms in total. The van der Waals surface area contributed by atoms with E-state index in [2.05, 4.69) is 192 Å². The normalized spacial score (nSPS) is 12.9. The molecule has 256 valence electrons. The summed E-state index contributed by atoms with van der Waals surface area (Å²) in [6.45, 7) is 15.2. The van der Waals surface area contributed by atoms with Gasteiger partial charge in [-0.15, -0.1) is 11.3 Å².